The van der Waals surface area contributed by atoms with Crippen molar-refractivity contribution in [3.05, 3.63) is 59.7 Å². The quantitative estimate of drug-likeness (QED) is 0.397. The third kappa shape index (κ3) is 1.39. The summed E-state index contributed by atoms with van der Waals surface area (Å²) < 4.78 is 0. The lowest BCUT2D eigenvalue weighted by molar-refractivity contribution is 1.28. The van der Waals surface area contributed by atoms with Gasteiger partial charge in [0.25, 0.3) is 0 Å². The first-order valence-corrected chi connectivity index (χ1v) is 7.54. The summed E-state index contributed by atoms with van der Waals surface area (Å²) >= 11 is 0. The van der Waals surface area contributed by atoms with Crippen molar-refractivity contribution in [1.82, 2.24) is 9.97 Å². The van der Waals surface area contributed by atoms with Crippen molar-refractivity contribution in [3.63, 3.8) is 0 Å². The Morgan fingerprint density at radius 3 is 1.68 bits per heavy atom. The van der Waals surface area contributed by atoms with E-state index >= 15 is 0 Å². The van der Waals surface area contributed by atoms with Crippen LogP contribution in [0.25, 0.3) is 44.3 Å². The molecule has 0 amide bonds. The van der Waals surface area contributed by atoms with Crippen molar-refractivity contribution in [2.75, 3.05) is 0 Å². The Kier molecular flexibility index (Phi) is 2.11. The minimum Gasteiger partial charge on any atom is -0.244 e. The van der Waals surface area contributed by atoms with E-state index in [-0.39, 0.29) is 0 Å². The minimum atomic E-state index is 0.978. The molecule has 2 nitrogen and oxygen atoms in total. The average molecular weight is 282 g/mol. The van der Waals surface area contributed by atoms with Gasteiger partial charge in [-0.25, -0.2) is 9.97 Å². The summed E-state index contributed by atoms with van der Waals surface area (Å²) in [5.41, 5.74) is 8.92. The zero-order chi connectivity index (χ0) is 14.8. The fraction of sp³-hybridized carbons (Fsp3) is 0.100. The molecule has 0 saturated carbocycles. The van der Waals surface area contributed by atoms with Gasteiger partial charge >= 0.3 is 0 Å². The number of benzene rings is 3. The van der Waals surface area contributed by atoms with Gasteiger partial charge in [0.2, 0.25) is 0 Å². The molecule has 2 heteroatoms. The van der Waals surface area contributed by atoms with E-state index in [9.17, 15) is 0 Å². The molecule has 5 rings (SSSR count). The lowest BCUT2D eigenvalue weighted by atomic mass is 10.0. The van der Waals surface area contributed by atoms with Crippen molar-refractivity contribution in [3.8, 4) is 22.5 Å². The monoisotopic (exact) mass is 282 g/mol. The molecule has 0 unspecified atom stereocenters. The molecular formula is C20H14N2. The van der Waals surface area contributed by atoms with E-state index in [1.54, 1.807) is 0 Å². The highest BCUT2D eigenvalue weighted by molar-refractivity contribution is 6.14. The third-order valence-electron chi connectivity index (χ3n) is 4.69. The van der Waals surface area contributed by atoms with Crippen LogP contribution in [0.4, 0.5) is 0 Å². The molecular weight excluding hydrogens is 268 g/mol. The summed E-state index contributed by atoms with van der Waals surface area (Å²) in [6.45, 7) is 4.25. The summed E-state index contributed by atoms with van der Waals surface area (Å²) in [5, 5.41) is 2.54. The van der Waals surface area contributed by atoms with Gasteiger partial charge in [-0.15, -0.1) is 0 Å². The molecule has 1 aromatic heterocycles. The van der Waals surface area contributed by atoms with E-state index in [1.807, 2.05) is 0 Å². The highest BCUT2D eigenvalue weighted by Gasteiger charge is 2.24. The zero-order valence-electron chi connectivity index (χ0n) is 12.5. The lowest BCUT2D eigenvalue weighted by Gasteiger charge is -2.06. The Morgan fingerprint density at radius 1 is 0.682 bits per heavy atom. The summed E-state index contributed by atoms with van der Waals surface area (Å²) in [6, 6.07) is 17.1. The predicted octanol–water partition coefficient (Wildman–Crippen LogP) is 5.05. The molecule has 0 fully saturated rings. The van der Waals surface area contributed by atoms with Crippen molar-refractivity contribution in [2.45, 2.75) is 13.8 Å². The van der Waals surface area contributed by atoms with Crippen LogP contribution in [0.15, 0.2) is 48.5 Å². The van der Waals surface area contributed by atoms with E-state index in [1.165, 1.54) is 33.0 Å². The average Bonchev–Trinajstić information content (AvgIpc) is 2.83. The first-order chi connectivity index (χ1) is 10.7. The van der Waals surface area contributed by atoms with Crippen LogP contribution in [0.5, 0.6) is 0 Å². The highest BCUT2D eigenvalue weighted by Crippen LogP contribution is 2.45. The number of nitrogens with zero attached hydrogens (tertiary/aromatic N) is 2. The Bertz CT molecular complexity index is 1010. The molecule has 0 atom stereocenters. The minimum absolute atomic E-state index is 0.978. The molecule has 3 aromatic carbocycles. The van der Waals surface area contributed by atoms with Gasteiger partial charge in [0, 0.05) is 16.5 Å². The Hall–Kier alpha value is -2.74. The maximum Gasteiger partial charge on any atom is 0.0979 e. The first kappa shape index (κ1) is 11.9. The molecule has 0 bridgehead atoms. The molecule has 1 aliphatic carbocycles. The van der Waals surface area contributed by atoms with Crippen LogP contribution in [-0.2, 0) is 0 Å². The SMILES string of the molecule is Cc1cc2nc3c(nc2cc1C)-c1cccc2cccc-3c12. The van der Waals surface area contributed by atoms with E-state index in [4.69, 9.17) is 9.97 Å². The second-order valence-corrected chi connectivity index (χ2v) is 6.06. The third-order valence-corrected chi connectivity index (χ3v) is 4.69. The van der Waals surface area contributed by atoms with Gasteiger partial charge in [-0.2, -0.15) is 0 Å². The van der Waals surface area contributed by atoms with Gasteiger partial charge in [-0.3, -0.25) is 0 Å². The first-order valence-electron chi connectivity index (χ1n) is 7.54. The Labute approximate surface area is 128 Å². The summed E-state index contributed by atoms with van der Waals surface area (Å²) in [5.74, 6) is 0. The van der Waals surface area contributed by atoms with Crippen LogP contribution >= 0.6 is 0 Å². The topological polar surface area (TPSA) is 25.8 Å². The number of rotatable bonds is 0. The summed E-state index contributed by atoms with van der Waals surface area (Å²) in [7, 11) is 0. The van der Waals surface area contributed by atoms with Crippen molar-refractivity contribution < 1.29 is 0 Å². The maximum absolute atomic E-state index is 4.93. The zero-order valence-corrected chi connectivity index (χ0v) is 12.5. The van der Waals surface area contributed by atoms with Gasteiger partial charge in [0.15, 0.2) is 0 Å². The number of aromatic nitrogens is 2. The molecule has 0 saturated heterocycles. The van der Waals surface area contributed by atoms with Crippen molar-refractivity contribution >= 4 is 21.8 Å². The van der Waals surface area contributed by atoms with Crippen LogP contribution in [0.1, 0.15) is 11.1 Å². The summed E-state index contributed by atoms with van der Waals surface area (Å²) in [6.07, 6.45) is 0. The van der Waals surface area contributed by atoms with Crippen LogP contribution in [0.2, 0.25) is 0 Å². The molecule has 0 radical (unpaired) electrons. The Balaban J connectivity index is 1.96. The Morgan fingerprint density at radius 2 is 1.18 bits per heavy atom. The smallest absolute Gasteiger partial charge is 0.0979 e. The molecule has 0 N–H and O–H groups in total. The molecule has 0 spiro atoms. The van der Waals surface area contributed by atoms with Crippen molar-refractivity contribution in [2.24, 2.45) is 0 Å². The van der Waals surface area contributed by atoms with E-state index in [0.717, 1.165) is 22.4 Å². The molecule has 104 valence electrons. The summed E-state index contributed by atoms with van der Waals surface area (Å²) in [4.78, 5) is 9.87. The molecule has 22 heavy (non-hydrogen) atoms. The normalized spacial score (nSPS) is 12.1. The number of hydrogen-bond acceptors (Lipinski definition) is 2. The van der Waals surface area contributed by atoms with Crippen LogP contribution in [0.3, 0.4) is 0 Å². The van der Waals surface area contributed by atoms with Gasteiger partial charge in [-0.05, 0) is 42.5 Å². The van der Waals surface area contributed by atoms with Gasteiger partial charge < -0.3 is 0 Å². The molecule has 1 heterocycles. The van der Waals surface area contributed by atoms with Gasteiger partial charge in [0.1, 0.15) is 0 Å². The second kappa shape index (κ2) is 3.92. The second-order valence-electron chi connectivity index (χ2n) is 6.06. The predicted molar refractivity (Wildman–Crippen MR) is 90.9 cm³/mol. The van der Waals surface area contributed by atoms with Crippen LogP contribution in [-0.4, -0.2) is 9.97 Å². The molecule has 4 aromatic rings. The van der Waals surface area contributed by atoms with Crippen molar-refractivity contribution in [1.29, 1.82) is 0 Å². The van der Waals surface area contributed by atoms with Gasteiger partial charge in [0.05, 0.1) is 22.4 Å². The molecule has 0 aliphatic heterocycles. The van der Waals surface area contributed by atoms with E-state index in [2.05, 4.69) is 62.4 Å². The van der Waals surface area contributed by atoms with E-state index in [0.29, 0.717) is 0 Å². The van der Waals surface area contributed by atoms with E-state index < -0.39 is 0 Å². The highest BCUT2D eigenvalue weighted by atomic mass is 14.8. The number of fused-ring (bicyclic) bond motifs is 4. The van der Waals surface area contributed by atoms with Gasteiger partial charge in [-0.1, -0.05) is 36.4 Å². The number of aryl methyl sites for hydroxylation is 2. The number of hydrogen-bond donors (Lipinski definition) is 0. The lowest BCUT2D eigenvalue weighted by Crippen LogP contribution is -1.92. The van der Waals surface area contributed by atoms with Crippen LogP contribution in [0, 0.1) is 13.8 Å². The maximum atomic E-state index is 4.93. The standard InChI is InChI=1S/C20H14N2/c1-11-9-16-17(10-12(11)2)22-20-15-8-4-6-13-5-3-7-14(18(13)15)19(20)21-16/h3-10H,1-2H3. The van der Waals surface area contributed by atoms with Crippen LogP contribution < -0.4 is 0 Å². The largest absolute Gasteiger partial charge is 0.244 e. The molecule has 1 aliphatic rings. The fourth-order valence-electron chi connectivity index (χ4n) is 3.42. The fourth-order valence-corrected chi connectivity index (χ4v) is 3.42.